The second-order valence-corrected chi connectivity index (χ2v) is 20.1. The molecule has 3 aliphatic heterocycles. The molecular formula is C76H42N4O3. The number of aromatic nitrogens is 1. The van der Waals surface area contributed by atoms with E-state index in [9.17, 15) is 15.2 Å². The van der Waals surface area contributed by atoms with Gasteiger partial charge in [-0.15, -0.1) is 12.8 Å². The lowest BCUT2D eigenvalue weighted by molar-refractivity contribution is 0.0690. The average molecular weight is 1060 g/mol. The molecule has 12 rings (SSSR count). The van der Waals surface area contributed by atoms with Crippen molar-refractivity contribution in [3.63, 3.8) is 0 Å². The van der Waals surface area contributed by atoms with Crippen molar-refractivity contribution < 1.29 is 14.6 Å². The molecule has 4 heterocycles. The Morgan fingerprint density at radius 3 is 1.84 bits per heavy atom. The molecule has 2 aliphatic carbocycles. The van der Waals surface area contributed by atoms with Gasteiger partial charge in [0.2, 0.25) is 0 Å². The number of fused-ring (bicyclic) bond motifs is 6. The van der Waals surface area contributed by atoms with Crippen LogP contribution in [0.3, 0.4) is 0 Å². The Labute approximate surface area is 483 Å². The molecule has 7 nitrogen and oxygen atoms in total. The van der Waals surface area contributed by atoms with Gasteiger partial charge in [-0.3, -0.25) is 0 Å². The highest BCUT2D eigenvalue weighted by Crippen LogP contribution is 2.60. The summed E-state index contributed by atoms with van der Waals surface area (Å²) in [5, 5.41) is 20.0. The largest absolute Gasteiger partial charge is 0.477 e. The molecule has 0 spiro atoms. The quantitative estimate of drug-likeness (QED) is 0.0971. The van der Waals surface area contributed by atoms with Crippen LogP contribution in [0.1, 0.15) is 79.0 Å². The Kier molecular flexibility index (Phi) is 13.7. The van der Waals surface area contributed by atoms with E-state index < -0.39 is 16.8 Å². The molecule has 0 saturated carbocycles. The zero-order valence-electron chi connectivity index (χ0n) is 44.5. The van der Waals surface area contributed by atoms with Crippen molar-refractivity contribution >= 4 is 23.5 Å². The van der Waals surface area contributed by atoms with Crippen LogP contribution < -0.4 is 4.90 Å². The van der Waals surface area contributed by atoms with Crippen molar-refractivity contribution in [2.24, 2.45) is 0 Å². The third kappa shape index (κ3) is 9.24. The number of carboxylic acids is 1. The molecule has 0 saturated heterocycles. The second kappa shape index (κ2) is 22.0. The standard InChI is InChI=1S/C76H42N4O3/c1-4-6-8-10-12-18-39-75(40-19-13-11-9-7-5-2)66-26-16-14-24-62(66)64-50-69-65(49-68(64)75)63-25-15-17-27-67(63)76(69,59-33-29-53(30-34-59)55-38-41-79-70(47-55)74(81)82)60-35-31-54(32-36-60)72-48-58(71(51-77)78-3)46-61(83-72)37-28-52-44-56-22-20-42-80-43-21-23-57(45-52)73(56)80/h1-2,14-17,24-38,41,44-50H,20-23,42-43H2,(H,81,82)/b37-28+,71-58-. The highest BCUT2D eigenvalue weighted by atomic mass is 16.5. The Morgan fingerprint density at radius 1 is 0.639 bits per heavy atom. The summed E-state index contributed by atoms with van der Waals surface area (Å²) in [6, 6.07) is 47.5. The van der Waals surface area contributed by atoms with Crippen molar-refractivity contribution in [3.05, 3.63) is 248 Å². The molecule has 1 unspecified atom stereocenters. The fourth-order valence-electron chi connectivity index (χ4n) is 12.3. The van der Waals surface area contributed by atoms with E-state index in [1.165, 1.54) is 23.0 Å². The van der Waals surface area contributed by atoms with Gasteiger partial charge < -0.3 is 14.7 Å². The fraction of sp³-hybridized carbons (Fsp3) is 0.105. The second-order valence-electron chi connectivity index (χ2n) is 20.1. The third-order valence-corrected chi connectivity index (χ3v) is 15.7. The van der Waals surface area contributed by atoms with Gasteiger partial charge in [-0.2, -0.15) is 0 Å². The molecule has 0 bridgehead atoms. The summed E-state index contributed by atoms with van der Waals surface area (Å²) in [5.74, 6) is 39.0. The first-order valence-electron chi connectivity index (χ1n) is 26.8. The molecule has 1 atom stereocenters. The van der Waals surface area contributed by atoms with Gasteiger partial charge in [-0.05, 0) is 240 Å². The van der Waals surface area contributed by atoms with Crippen LogP contribution in [-0.2, 0) is 28.4 Å². The number of carboxylic acid groups (broad SMARTS) is 1. The summed E-state index contributed by atoms with van der Waals surface area (Å²) in [5.41, 5.74) is 15.1. The van der Waals surface area contributed by atoms with Gasteiger partial charge in [-0.1, -0.05) is 115 Å². The van der Waals surface area contributed by atoms with E-state index in [1.807, 2.05) is 54.6 Å². The molecule has 0 radical (unpaired) electrons. The maximum atomic E-state index is 12.1. The number of nitrogens with zero attached hydrogens (tertiary/aromatic N) is 4. The Morgan fingerprint density at radius 2 is 1.22 bits per heavy atom. The zero-order valence-corrected chi connectivity index (χ0v) is 44.5. The molecule has 6 aromatic carbocycles. The summed E-state index contributed by atoms with van der Waals surface area (Å²) in [6.07, 6.45) is 24.1. The average Bonchev–Trinajstić information content (AvgIpc) is 1.98. The molecule has 83 heavy (non-hydrogen) atoms. The molecule has 384 valence electrons. The van der Waals surface area contributed by atoms with Crippen LogP contribution in [0.15, 0.2) is 175 Å². The monoisotopic (exact) mass is 1060 g/mol. The van der Waals surface area contributed by atoms with E-state index in [4.69, 9.17) is 24.2 Å². The van der Waals surface area contributed by atoms with Gasteiger partial charge in [-0.25, -0.2) is 19.9 Å². The molecular weight excluding hydrogens is 1020 g/mol. The maximum Gasteiger partial charge on any atom is 0.354 e. The van der Waals surface area contributed by atoms with Crippen LogP contribution in [0.2, 0.25) is 0 Å². The maximum absolute atomic E-state index is 12.1. The number of anilines is 1. The molecule has 5 aliphatic rings. The summed E-state index contributed by atoms with van der Waals surface area (Å²) in [4.78, 5) is 22.3. The SMILES string of the molecule is [C-]#[N+]/C(C#N)=C1C=C(/C=C/c2cc3c4c(c2)CCCN4CCC3)OC(c2ccc(C3(c4ccc(-c5ccnc(C(=O)O)c5)cc4)c4ccccc4-c4cc5c(cc43)-c3ccccc3C5(C#CC#CC#CC#C)C#CC#CC#CC#C)cc2)=C/1. The number of carbonyl (C=O) groups is 1. The number of hydrogen-bond donors (Lipinski definition) is 1. The summed E-state index contributed by atoms with van der Waals surface area (Å²) >= 11 is 0. The molecule has 0 amide bonds. The van der Waals surface area contributed by atoms with Crippen molar-refractivity contribution in [2.45, 2.75) is 36.5 Å². The number of allylic oxidation sites excluding steroid dienone is 5. The lowest BCUT2D eigenvalue weighted by Gasteiger charge is -2.37. The van der Waals surface area contributed by atoms with Crippen LogP contribution in [-0.4, -0.2) is 29.1 Å². The highest BCUT2D eigenvalue weighted by Gasteiger charge is 2.50. The Hall–Kier alpha value is -12.0. The van der Waals surface area contributed by atoms with Crippen molar-refractivity contribution in [3.8, 4) is 135 Å². The van der Waals surface area contributed by atoms with Gasteiger partial charge in [0.1, 0.15) is 22.6 Å². The van der Waals surface area contributed by atoms with Crippen molar-refractivity contribution in [2.75, 3.05) is 18.0 Å². The minimum absolute atomic E-state index is 0.0428. The van der Waals surface area contributed by atoms with E-state index >= 15 is 0 Å². The zero-order chi connectivity index (χ0) is 56.9. The van der Waals surface area contributed by atoms with Gasteiger partial charge >= 0.3 is 5.97 Å². The van der Waals surface area contributed by atoms with Crippen LogP contribution >= 0.6 is 0 Å². The van der Waals surface area contributed by atoms with E-state index in [1.54, 1.807) is 24.3 Å². The first-order chi connectivity index (χ1) is 40.8. The van der Waals surface area contributed by atoms with Gasteiger partial charge in [0.25, 0.3) is 5.70 Å². The molecule has 7 aromatic rings. The van der Waals surface area contributed by atoms with Crippen LogP contribution in [0.4, 0.5) is 5.69 Å². The number of benzene rings is 6. The smallest absolute Gasteiger partial charge is 0.354 e. The number of ether oxygens (including phenoxy) is 1. The first kappa shape index (κ1) is 51.7. The number of terminal acetylenes is 2. The minimum Gasteiger partial charge on any atom is -0.477 e. The summed E-state index contributed by atoms with van der Waals surface area (Å²) in [6.45, 7) is 10.1. The fourth-order valence-corrected chi connectivity index (χ4v) is 12.3. The lowest BCUT2D eigenvalue weighted by atomic mass is 9.67. The van der Waals surface area contributed by atoms with E-state index in [2.05, 4.69) is 183 Å². The van der Waals surface area contributed by atoms with Crippen LogP contribution in [0.25, 0.3) is 50.1 Å². The molecule has 7 heteroatoms. The van der Waals surface area contributed by atoms with E-state index in [0.717, 1.165) is 111 Å². The number of nitriles is 1. The molecule has 1 N–H and O–H groups in total. The lowest BCUT2D eigenvalue weighted by Crippen LogP contribution is -2.34. The highest BCUT2D eigenvalue weighted by molar-refractivity contribution is 5.95. The van der Waals surface area contributed by atoms with E-state index in [-0.39, 0.29) is 11.4 Å². The van der Waals surface area contributed by atoms with Crippen molar-refractivity contribution in [1.29, 1.82) is 5.26 Å². The van der Waals surface area contributed by atoms with Gasteiger partial charge in [0.15, 0.2) is 0 Å². The van der Waals surface area contributed by atoms with Crippen LogP contribution in [0, 0.1) is 114 Å². The van der Waals surface area contributed by atoms with Gasteiger partial charge in [0.05, 0.1) is 18.1 Å². The predicted octanol–water partition coefficient (Wildman–Crippen LogP) is 12.7. The number of aromatic carboxylic acids is 1. The number of pyridine rings is 1. The third-order valence-electron chi connectivity index (χ3n) is 15.7. The topological polar surface area (TPSA) is 90.8 Å². The number of rotatable bonds is 7. The summed E-state index contributed by atoms with van der Waals surface area (Å²) in [7, 11) is 0. The van der Waals surface area contributed by atoms with Gasteiger partial charge in [0, 0.05) is 30.5 Å². The number of hydrogen-bond acceptors (Lipinski definition) is 5. The van der Waals surface area contributed by atoms with Crippen molar-refractivity contribution in [1.82, 2.24) is 4.98 Å². The minimum atomic E-state index is -1.20. The Balaban J connectivity index is 1.03. The Bertz CT molecular complexity index is 4600. The number of aryl methyl sites for hydroxylation is 2. The molecule has 1 aromatic heterocycles. The molecule has 0 fully saturated rings. The van der Waals surface area contributed by atoms with E-state index in [0.29, 0.717) is 22.7 Å². The summed E-state index contributed by atoms with van der Waals surface area (Å²) < 4.78 is 6.71. The predicted molar refractivity (Wildman–Crippen MR) is 325 cm³/mol. The first-order valence-corrected chi connectivity index (χ1v) is 26.8. The normalized spacial score (nSPS) is 16.1. The van der Waals surface area contributed by atoms with Crippen LogP contribution in [0.5, 0.6) is 0 Å².